The predicted octanol–water partition coefficient (Wildman–Crippen LogP) is 23.7. The standard InChI is InChI=1S/C77H124O6/c1-4-7-10-13-16-19-22-25-27-29-31-33-35-37-38-40-41-43-45-47-49-52-55-58-61-64-67-70-76(79)82-73-74(72-81-75(78)69-66-63-60-57-54-51-24-21-18-15-12-9-6-3)83-77(80)71-68-65-62-59-56-53-50-48-46-44-42-39-36-34-32-30-28-26-23-20-17-14-11-8-5-2/h7-8,10-11,16-17,19-21,24-28,31-34,37-38,41,43,47,49,55,58,74H,4-6,9,12-15,18,22-23,29-30,35-36,39-40,42,44-46,48,50-54,56-57,59-73H2,1-3H3/b10-7-,11-8-,19-16-,20-17-,24-21-,27-25-,28-26-,33-31-,34-32-,38-37-,43-41-,49-47-,58-55-. The Labute approximate surface area is 511 Å². The lowest BCUT2D eigenvalue weighted by Gasteiger charge is -2.18. The molecule has 1 atom stereocenters. The van der Waals surface area contributed by atoms with Crippen LogP contribution in [0.3, 0.4) is 0 Å². The summed E-state index contributed by atoms with van der Waals surface area (Å²) in [7, 11) is 0. The molecule has 0 saturated carbocycles. The van der Waals surface area contributed by atoms with Gasteiger partial charge in [0.2, 0.25) is 0 Å². The first-order valence-corrected chi connectivity index (χ1v) is 34.0. The minimum absolute atomic E-state index is 0.102. The summed E-state index contributed by atoms with van der Waals surface area (Å²) in [5.41, 5.74) is 0. The predicted molar refractivity (Wildman–Crippen MR) is 362 cm³/mol. The van der Waals surface area contributed by atoms with Crippen molar-refractivity contribution in [1.29, 1.82) is 0 Å². The third-order valence-electron chi connectivity index (χ3n) is 14.0. The minimum Gasteiger partial charge on any atom is -0.462 e. The molecule has 0 rings (SSSR count). The molecule has 0 heterocycles. The molecule has 1 unspecified atom stereocenters. The van der Waals surface area contributed by atoms with Crippen molar-refractivity contribution in [3.8, 4) is 0 Å². The van der Waals surface area contributed by atoms with Gasteiger partial charge in [-0.1, -0.05) is 281 Å². The van der Waals surface area contributed by atoms with Gasteiger partial charge in [0.15, 0.2) is 6.10 Å². The second kappa shape index (κ2) is 69.5. The second-order valence-electron chi connectivity index (χ2n) is 22.0. The molecule has 0 fully saturated rings. The zero-order valence-electron chi connectivity index (χ0n) is 53.7. The minimum atomic E-state index is -0.809. The Morgan fingerprint density at radius 3 is 0.771 bits per heavy atom. The van der Waals surface area contributed by atoms with Crippen LogP contribution in [0.2, 0.25) is 0 Å². The maximum Gasteiger partial charge on any atom is 0.306 e. The van der Waals surface area contributed by atoms with Crippen molar-refractivity contribution in [3.05, 3.63) is 158 Å². The summed E-state index contributed by atoms with van der Waals surface area (Å²) in [5.74, 6) is -0.956. The van der Waals surface area contributed by atoms with E-state index in [4.69, 9.17) is 14.2 Å². The van der Waals surface area contributed by atoms with E-state index in [1.54, 1.807) is 0 Å². The molecule has 83 heavy (non-hydrogen) atoms. The molecule has 0 aromatic heterocycles. The van der Waals surface area contributed by atoms with Gasteiger partial charge in [0.05, 0.1) is 0 Å². The Morgan fingerprint density at radius 2 is 0.470 bits per heavy atom. The van der Waals surface area contributed by atoms with Crippen molar-refractivity contribution in [2.75, 3.05) is 13.2 Å². The maximum atomic E-state index is 12.9. The highest BCUT2D eigenvalue weighted by Crippen LogP contribution is 2.15. The van der Waals surface area contributed by atoms with E-state index in [0.717, 1.165) is 141 Å². The molecule has 0 N–H and O–H groups in total. The fourth-order valence-electron chi connectivity index (χ4n) is 8.97. The summed E-state index contributed by atoms with van der Waals surface area (Å²) in [6.45, 7) is 6.36. The highest BCUT2D eigenvalue weighted by atomic mass is 16.6. The molecular formula is C77H124O6. The van der Waals surface area contributed by atoms with Gasteiger partial charge >= 0.3 is 17.9 Å². The summed E-state index contributed by atoms with van der Waals surface area (Å²) in [5, 5.41) is 0. The van der Waals surface area contributed by atoms with Crippen molar-refractivity contribution in [3.63, 3.8) is 0 Å². The Hall–Kier alpha value is -4.97. The number of carbonyl (C=O) groups is 3. The fourth-order valence-corrected chi connectivity index (χ4v) is 8.97. The van der Waals surface area contributed by atoms with Crippen LogP contribution in [-0.4, -0.2) is 37.2 Å². The number of carbonyl (C=O) groups excluding carboxylic acids is 3. The number of allylic oxidation sites excluding steroid dienone is 26. The molecule has 0 aliphatic rings. The van der Waals surface area contributed by atoms with Crippen LogP contribution < -0.4 is 0 Å². The summed E-state index contributed by atoms with van der Waals surface area (Å²) < 4.78 is 16.9. The van der Waals surface area contributed by atoms with Crippen molar-refractivity contribution in [2.45, 2.75) is 297 Å². The number of hydrogen-bond acceptors (Lipinski definition) is 6. The Balaban J connectivity index is 4.43. The number of rotatable bonds is 60. The number of hydrogen-bond donors (Lipinski definition) is 0. The summed E-state index contributed by atoms with van der Waals surface area (Å²) >= 11 is 0. The summed E-state index contributed by atoms with van der Waals surface area (Å²) in [4.78, 5) is 38.4. The molecule has 0 bridgehead atoms. The van der Waals surface area contributed by atoms with Gasteiger partial charge in [-0.05, 0) is 148 Å². The molecule has 0 aliphatic carbocycles. The van der Waals surface area contributed by atoms with Gasteiger partial charge in [-0.2, -0.15) is 0 Å². The van der Waals surface area contributed by atoms with E-state index in [0.29, 0.717) is 25.7 Å². The average Bonchev–Trinajstić information content (AvgIpc) is 3.49. The van der Waals surface area contributed by atoms with E-state index in [1.165, 1.54) is 103 Å². The zero-order chi connectivity index (χ0) is 59.9. The largest absolute Gasteiger partial charge is 0.462 e. The quantitative estimate of drug-likeness (QED) is 0.0261. The Kier molecular flexibility index (Phi) is 65.4. The molecule has 6 nitrogen and oxygen atoms in total. The van der Waals surface area contributed by atoms with Gasteiger partial charge in [0.1, 0.15) is 13.2 Å². The van der Waals surface area contributed by atoms with Crippen LogP contribution in [0.25, 0.3) is 0 Å². The lowest BCUT2D eigenvalue weighted by atomic mass is 10.0. The third kappa shape index (κ3) is 67.7. The van der Waals surface area contributed by atoms with Crippen molar-refractivity contribution in [1.82, 2.24) is 0 Å². The van der Waals surface area contributed by atoms with Crippen LogP contribution in [0, 0.1) is 0 Å². The van der Waals surface area contributed by atoms with Gasteiger partial charge in [-0.3, -0.25) is 14.4 Å². The van der Waals surface area contributed by atoms with E-state index in [2.05, 4.69) is 179 Å². The van der Waals surface area contributed by atoms with Gasteiger partial charge in [-0.15, -0.1) is 0 Å². The lowest BCUT2D eigenvalue weighted by molar-refractivity contribution is -0.167. The zero-order valence-corrected chi connectivity index (χ0v) is 53.7. The molecular weight excluding hydrogens is 1020 g/mol. The molecule has 0 radical (unpaired) electrons. The Bertz CT molecular complexity index is 1840. The molecule has 6 heteroatoms. The van der Waals surface area contributed by atoms with Crippen molar-refractivity contribution >= 4 is 17.9 Å². The van der Waals surface area contributed by atoms with Crippen LogP contribution in [0.15, 0.2) is 158 Å². The number of ether oxygens (including phenoxy) is 3. The van der Waals surface area contributed by atoms with E-state index >= 15 is 0 Å². The number of unbranched alkanes of at least 4 members (excludes halogenated alkanes) is 23. The van der Waals surface area contributed by atoms with Gasteiger partial charge in [-0.25, -0.2) is 0 Å². The third-order valence-corrected chi connectivity index (χ3v) is 14.0. The van der Waals surface area contributed by atoms with Crippen molar-refractivity contribution in [2.24, 2.45) is 0 Å². The Morgan fingerprint density at radius 1 is 0.253 bits per heavy atom. The van der Waals surface area contributed by atoms with E-state index in [1.807, 2.05) is 0 Å². The monoisotopic (exact) mass is 1140 g/mol. The molecule has 0 spiro atoms. The van der Waals surface area contributed by atoms with Crippen LogP contribution in [-0.2, 0) is 28.6 Å². The van der Waals surface area contributed by atoms with Crippen molar-refractivity contribution < 1.29 is 28.6 Å². The van der Waals surface area contributed by atoms with Crippen LogP contribution in [0.5, 0.6) is 0 Å². The first-order chi connectivity index (χ1) is 41.0. The molecule has 0 aromatic carbocycles. The van der Waals surface area contributed by atoms with Crippen LogP contribution in [0.4, 0.5) is 0 Å². The molecule has 0 saturated heterocycles. The smallest absolute Gasteiger partial charge is 0.306 e. The van der Waals surface area contributed by atoms with Gasteiger partial charge < -0.3 is 14.2 Å². The first-order valence-electron chi connectivity index (χ1n) is 34.0. The summed E-state index contributed by atoms with van der Waals surface area (Å²) in [6.07, 6.45) is 101. The van der Waals surface area contributed by atoms with E-state index in [-0.39, 0.29) is 31.1 Å². The van der Waals surface area contributed by atoms with Crippen LogP contribution in [0.1, 0.15) is 290 Å². The molecule has 0 aromatic rings. The first kappa shape index (κ1) is 78.0. The molecule has 468 valence electrons. The van der Waals surface area contributed by atoms with E-state index < -0.39 is 6.10 Å². The highest BCUT2D eigenvalue weighted by Gasteiger charge is 2.19. The SMILES string of the molecule is CC/C=C\C/C=C\C/C=C\C/C=C\C/C=C\C/C=C\C/C=C\C/C=C\CCCCC(=O)OCC(COC(=O)CCCCCCC/C=C\CCCCCC)OC(=O)CCCCCCCCCCCCCC/C=C\C/C=C\C/C=C\C/C=C\CC. The summed E-state index contributed by atoms with van der Waals surface area (Å²) in [6, 6.07) is 0. The van der Waals surface area contributed by atoms with Gasteiger partial charge in [0.25, 0.3) is 0 Å². The number of esters is 3. The van der Waals surface area contributed by atoms with Crippen LogP contribution >= 0.6 is 0 Å². The highest BCUT2D eigenvalue weighted by molar-refractivity contribution is 5.71. The molecule has 0 amide bonds. The fraction of sp³-hybridized carbons (Fsp3) is 0.623. The van der Waals surface area contributed by atoms with E-state index in [9.17, 15) is 14.4 Å². The topological polar surface area (TPSA) is 78.9 Å². The van der Waals surface area contributed by atoms with Gasteiger partial charge in [0, 0.05) is 19.3 Å². The molecule has 0 aliphatic heterocycles. The average molecular weight is 1150 g/mol. The normalized spacial score (nSPS) is 13.1. The maximum absolute atomic E-state index is 12.9. The second-order valence-corrected chi connectivity index (χ2v) is 22.0. The lowest BCUT2D eigenvalue weighted by Crippen LogP contribution is -2.30.